The summed E-state index contributed by atoms with van der Waals surface area (Å²) in [7, 11) is 4.10. The van der Waals surface area contributed by atoms with E-state index in [1.54, 1.807) is 6.07 Å². The summed E-state index contributed by atoms with van der Waals surface area (Å²) < 4.78 is 13.5. The van der Waals surface area contributed by atoms with Gasteiger partial charge in [-0.2, -0.15) is 0 Å². The third kappa shape index (κ3) is 5.53. The predicted octanol–water partition coefficient (Wildman–Crippen LogP) is 2.23. The molecule has 3 nitrogen and oxygen atoms in total. The summed E-state index contributed by atoms with van der Waals surface area (Å²) in [5.74, 6) is -0.246. The molecule has 0 amide bonds. The van der Waals surface area contributed by atoms with E-state index in [-0.39, 0.29) is 5.82 Å². The van der Waals surface area contributed by atoms with Crippen LogP contribution < -0.4 is 5.73 Å². The topological polar surface area (TPSA) is 32.5 Å². The van der Waals surface area contributed by atoms with Gasteiger partial charge in [-0.15, -0.1) is 0 Å². The Morgan fingerprint density at radius 2 is 1.95 bits per heavy atom. The molecule has 112 valence electrons. The van der Waals surface area contributed by atoms with Gasteiger partial charge < -0.3 is 10.6 Å². The average Bonchev–Trinajstić information content (AvgIpc) is 2.36. The van der Waals surface area contributed by atoms with Gasteiger partial charge in [0, 0.05) is 25.2 Å². The molecule has 0 saturated heterocycles. The molecule has 1 rings (SSSR count). The molecule has 0 bridgehead atoms. The van der Waals surface area contributed by atoms with Crippen molar-refractivity contribution in [2.75, 3.05) is 33.7 Å². The Labute approximate surface area is 126 Å². The fraction of sp³-hybridized carbons (Fsp3) is 0.533. The standard InChI is InChI=1S/C15H24FN3S/c1-4-7-19(9-8-18(2)3)11-12-10-13(16)5-6-14(12)15(17)20/h5-6,10H,4,7-9,11H2,1-3H3,(H2,17,20). The highest BCUT2D eigenvalue weighted by molar-refractivity contribution is 7.80. The zero-order valence-electron chi connectivity index (χ0n) is 12.5. The molecule has 2 N–H and O–H groups in total. The molecule has 0 saturated carbocycles. The molecule has 0 fully saturated rings. The quantitative estimate of drug-likeness (QED) is 0.746. The minimum atomic E-state index is -0.246. The number of nitrogens with zero attached hydrogens (tertiary/aromatic N) is 2. The van der Waals surface area contributed by atoms with Crippen LogP contribution in [0.1, 0.15) is 24.5 Å². The molecule has 0 heterocycles. The van der Waals surface area contributed by atoms with Crippen molar-refractivity contribution in [1.29, 1.82) is 0 Å². The van der Waals surface area contributed by atoms with Crippen LogP contribution in [0.25, 0.3) is 0 Å². The fourth-order valence-corrected chi connectivity index (χ4v) is 2.30. The first-order valence-corrected chi connectivity index (χ1v) is 7.30. The van der Waals surface area contributed by atoms with E-state index in [1.165, 1.54) is 12.1 Å². The van der Waals surface area contributed by atoms with Gasteiger partial charge in [0.2, 0.25) is 0 Å². The monoisotopic (exact) mass is 297 g/mol. The summed E-state index contributed by atoms with van der Waals surface area (Å²) in [6.45, 7) is 5.70. The summed E-state index contributed by atoms with van der Waals surface area (Å²) in [5.41, 5.74) is 7.35. The summed E-state index contributed by atoms with van der Waals surface area (Å²) in [6.07, 6.45) is 1.06. The van der Waals surface area contributed by atoms with Gasteiger partial charge in [0.1, 0.15) is 10.8 Å². The zero-order chi connectivity index (χ0) is 15.1. The van der Waals surface area contributed by atoms with E-state index in [4.69, 9.17) is 18.0 Å². The highest BCUT2D eigenvalue weighted by Crippen LogP contribution is 2.14. The van der Waals surface area contributed by atoms with Gasteiger partial charge in [-0.1, -0.05) is 19.1 Å². The lowest BCUT2D eigenvalue weighted by atomic mass is 10.1. The summed E-state index contributed by atoms with van der Waals surface area (Å²) in [6, 6.07) is 4.61. The second-order valence-corrected chi connectivity index (χ2v) is 5.68. The Hall–Kier alpha value is -1.04. The molecule has 0 aliphatic heterocycles. The molecular weight excluding hydrogens is 273 g/mol. The van der Waals surface area contributed by atoms with Gasteiger partial charge in [-0.3, -0.25) is 4.90 Å². The Morgan fingerprint density at radius 1 is 1.25 bits per heavy atom. The maximum atomic E-state index is 13.5. The molecule has 0 aromatic heterocycles. The van der Waals surface area contributed by atoms with E-state index in [0.717, 1.165) is 37.2 Å². The van der Waals surface area contributed by atoms with E-state index in [0.29, 0.717) is 11.5 Å². The summed E-state index contributed by atoms with van der Waals surface area (Å²) in [4.78, 5) is 4.77. The van der Waals surface area contributed by atoms with Crippen molar-refractivity contribution in [3.8, 4) is 0 Å². The minimum Gasteiger partial charge on any atom is -0.389 e. The molecule has 0 atom stereocenters. The van der Waals surface area contributed by atoms with Gasteiger partial charge in [0.25, 0.3) is 0 Å². The number of halogens is 1. The van der Waals surface area contributed by atoms with Crippen molar-refractivity contribution in [2.24, 2.45) is 5.73 Å². The van der Waals surface area contributed by atoms with E-state index in [1.807, 2.05) is 14.1 Å². The first kappa shape index (κ1) is 17.0. The molecule has 20 heavy (non-hydrogen) atoms. The molecule has 1 aromatic rings. The van der Waals surface area contributed by atoms with Crippen LogP contribution in [0.15, 0.2) is 18.2 Å². The lowest BCUT2D eigenvalue weighted by Gasteiger charge is -2.24. The van der Waals surface area contributed by atoms with Crippen molar-refractivity contribution in [3.63, 3.8) is 0 Å². The van der Waals surface area contributed by atoms with Crippen LogP contribution in [0.4, 0.5) is 4.39 Å². The Bertz CT molecular complexity index is 449. The predicted molar refractivity (Wildman–Crippen MR) is 86.4 cm³/mol. The van der Waals surface area contributed by atoms with E-state index in [2.05, 4.69) is 16.7 Å². The summed E-state index contributed by atoms with van der Waals surface area (Å²) >= 11 is 5.05. The van der Waals surface area contributed by atoms with Gasteiger partial charge >= 0.3 is 0 Å². The molecule has 0 radical (unpaired) electrons. The fourth-order valence-electron chi connectivity index (χ4n) is 2.10. The van der Waals surface area contributed by atoms with Crippen molar-refractivity contribution in [2.45, 2.75) is 19.9 Å². The molecule has 1 aromatic carbocycles. The Balaban J connectivity index is 2.86. The lowest BCUT2D eigenvalue weighted by molar-refractivity contribution is 0.233. The third-order valence-corrected chi connectivity index (χ3v) is 3.35. The number of likely N-dealkylation sites (N-methyl/N-ethyl adjacent to an activating group) is 1. The number of thiocarbonyl (C=S) groups is 1. The van der Waals surface area contributed by atoms with Crippen LogP contribution in [0.3, 0.4) is 0 Å². The van der Waals surface area contributed by atoms with Crippen LogP contribution >= 0.6 is 12.2 Å². The van der Waals surface area contributed by atoms with Crippen molar-refractivity contribution in [1.82, 2.24) is 9.80 Å². The number of hydrogen-bond donors (Lipinski definition) is 1. The van der Waals surface area contributed by atoms with Crippen molar-refractivity contribution in [3.05, 3.63) is 35.1 Å². The zero-order valence-corrected chi connectivity index (χ0v) is 13.3. The van der Waals surface area contributed by atoms with Crippen LogP contribution in [0, 0.1) is 5.82 Å². The second kappa shape index (κ2) is 8.29. The second-order valence-electron chi connectivity index (χ2n) is 5.25. The molecular formula is C15H24FN3S. The largest absolute Gasteiger partial charge is 0.389 e. The van der Waals surface area contributed by atoms with Crippen LogP contribution in [-0.2, 0) is 6.54 Å². The molecule has 5 heteroatoms. The maximum absolute atomic E-state index is 13.5. The number of nitrogens with two attached hydrogens (primary N) is 1. The molecule has 0 unspecified atom stereocenters. The minimum absolute atomic E-state index is 0.246. The maximum Gasteiger partial charge on any atom is 0.123 e. The smallest absolute Gasteiger partial charge is 0.123 e. The van der Waals surface area contributed by atoms with E-state index in [9.17, 15) is 4.39 Å². The van der Waals surface area contributed by atoms with Crippen LogP contribution in [0.5, 0.6) is 0 Å². The first-order valence-electron chi connectivity index (χ1n) is 6.89. The number of hydrogen-bond acceptors (Lipinski definition) is 3. The SMILES string of the molecule is CCCN(CCN(C)C)Cc1cc(F)ccc1C(N)=S. The van der Waals surface area contributed by atoms with Crippen molar-refractivity contribution < 1.29 is 4.39 Å². The first-order chi connectivity index (χ1) is 9.43. The van der Waals surface area contributed by atoms with Gasteiger partial charge in [0.15, 0.2) is 0 Å². The lowest BCUT2D eigenvalue weighted by Crippen LogP contribution is -2.32. The number of benzene rings is 1. The molecule has 0 aliphatic carbocycles. The van der Waals surface area contributed by atoms with Crippen LogP contribution in [-0.4, -0.2) is 48.5 Å². The average molecular weight is 297 g/mol. The molecule has 0 spiro atoms. The van der Waals surface area contributed by atoms with E-state index < -0.39 is 0 Å². The third-order valence-electron chi connectivity index (χ3n) is 3.13. The van der Waals surface area contributed by atoms with E-state index >= 15 is 0 Å². The van der Waals surface area contributed by atoms with Gasteiger partial charge in [0.05, 0.1) is 0 Å². The normalized spacial score (nSPS) is 11.3. The van der Waals surface area contributed by atoms with Crippen LogP contribution in [0.2, 0.25) is 0 Å². The summed E-state index contributed by atoms with van der Waals surface area (Å²) in [5, 5.41) is 0. The Kier molecular flexibility index (Phi) is 7.05. The number of rotatable bonds is 8. The highest BCUT2D eigenvalue weighted by Gasteiger charge is 2.11. The molecule has 0 aliphatic rings. The van der Waals surface area contributed by atoms with Gasteiger partial charge in [-0.05, 0) is 50.8 Å². The van der Waals surface area contributed by atoms with Crippen molar-refractivity contribution >= 4 is 17.2 Å². The Morgan fingerprint density at radius 3 is 2.50 bits per heavy atom. The highest BCUT2D eigenvalue weighted by atomic mass is 32.1. The van der Waals surface area contributed by atoms with Gasteiger partial charge in [-0.25, -0.2) is 4.39 Å².